The number of anilines is 1. The second kappa shape index (κ2) is 5.81. The molecular formula is C15H14N4O3S. The lowest BCUT2D eigenvalue weighted by atomic mass is 10.2. The number of nitrogens with zero attached hydrogens (tertiary/aromatic N) is 3. The number of fused-ring (bicyclic) bond motifs is 1. The van der Waals surface area contributed by atoms with Crippen LogP contribution in [0.15, 0.2) is 24.3 Å². The smallest absolute Gasteiger partial charge is 0.337 e. The van der Waals surface area contributed by atoms with Crippen molar-refractivity contribution in [3.63, 3.8) is 0 Å². The second-order valence-electron chi connectivity index (χ2n) is 4.91. The fourth-order valence-corrected chi connectivity index (χ4v) is 3.31. The van der Waals surface area contributed by atoms with Crippen molar-refractivity contribution < 1.29 is 14.3 Å². The highest BCUT2D eigenvalue weighted by atomic mass is 32.1. The Hall–Kier alpha value is -2.74. The molecule has 0 atom stereocenters. The van der Waals surface area contributed by atoms with Gasteiger partial charge in [-0.2, -0.15) is 0 Å². The fourth-order valence-electron chi connectivity index (χ4n) is 2.30. The van der Waals surface area contributed by atoms with Crippen molar-refractivity contribution in [2.75, 3.05) is 12.4 Å². The number of amides is 1. The van der Waals surface area contributed by atoms with Crippen LogP contribution in [0.25, 0.3) is 4.96 Å². The van der Waals surface area contributed by atoms with E-state index >= 15 is 0 Å². The number of hydrogen-bond donors (Lipinski definition) is 1. The van der Waals surface area contributed by atoms with Crippen LogP contribution in [0.1, 0.15) is 31.5 Å². The molecule has 1 aromatic carbocycles. The van der Waals surface area contributed by atoms with Crippen LogP contribution in [0.4, 0.5) is 5.69 Å². The van der Waals surface area contributed by atoms with Gasteiger partial charge in [0, 0.05) is 11.4 Å². The Balaban J connectivity index is 1.89. The number of aromatic nitrogens is 3. The summed E-state index contributed by atoms with van der Waals surface area (Å²) in [5.41, 5.74) is 1.69. The Morgan fingerprint density at radius 2 is 2.04 bits per heavy atom. The number of esters is 1. The number of carbonyl (C=O) groups is 2. The minimum absolute atomic E-state index is 0.251. The van der Waals surface area contributed by atoms with Crippen LogP contribution >= 0.6 is 11.3 Å². The molecule has 7 nitrogen and oxygen atoms in total. The lowest BCUT2D eigenvalue weighted by Gasteiger charge is -2.06. The van der Waals surface area contributed by atoms with Crippen molar-refractivity contribution >= 4 is 33.9 Å². The Morgan fingerprint density at radius 1 is 1.26 bits per heavy atom. The van der Waals surface area contributed by atoms with Gasteiger partial charge in [0.05, 0.1) is 12.7 Å². The zero-order valence-corrected chi connectivity index (χ0v) is 13.6. The van der Waals surface area contributed by atoms with Crippen molar-refractivity contribution in [1.29, 1.82) is 0 Å². The SMILES string of the molecule is COC(=O)c1cccc(NC(=O)c2sc3nnc(C)n3c2C)c1. The summed E-state index contributed by atoms with van der Waals surface area (Å²) in [6, 6.07) is 6.60. The number of ether oxygens (including phenoxy) is 1. The van der Waals surface area contributed by atoms with Gasteiger partial charge < -0.3 is 10.1 Å². The van der Waals surface area contributed by atoms with Gasteiger partial charge in [0.15, 0.2) is 0 Å². The van der Waals surface area contributed by atoms with Gasteiger partial charge in [-0.1, -0.05) is 17.4 Å². The molecule has 0 aliphatic heterocycles. The summed E-state index contributed by atoms with van der Waals surface area (Å²) >= 11 is 1.27. The molecule has 3 rings (SSSR count). The molecule has 1 N–H and O–H groups in total. The largest absolute Gasteiger partial charge is 0.465 e. The van der Waals surface area contributed by atoms with Crippen LogP contribution in [0.5, 0.6) is 0 Å². The van der Waals surface area contributed by atoms with Gasteiger partial charge in [0.1, 0.15) is 10.7 Å². The third kappa shape index (κ3) is 2.68. The Morgan fingerprint density at radius 3 is 2.74 bits per heavy atom. The molecule has 118 valence electrons. The van der Waals surface area contributed by atoms with E-state index in [4.69, 9.17) is 0 Å². The average molecular weight is 330 g/mol. The van der Waals surface area contributed by atoms with Gasteiger partial charge in [-0.3, -0.25) is 9.20 Å². The quantitative estimate of drug-likeness (QED) is 0.746. The molecule has 0 saturated heterocycles. The molecule has 0 bridgehead atoms. The predicted molar refractivity (Wildman–Crippen MR) is 86.1 cm³/mol. The van der Waals surface area contributed by atoms with Crippen molar-refractivity contribution in [2.45, 2.75) is 13.8 Å². The van der Waals surface area contributed by atoms with Crippen molar-refractivity contribution in [1.82, 2.24) is 14.6 Å². The van der Waals surface area contributed by atoms with Gasteiger partial charge in [-0.15, -0.1) is 10.2 Å². The molecule has 23 heavy (non-hydrogen) atoms. The van der Waals surface area contributed by atoms with Gasteiger partial charge in [-0.25, -0.2) is 4.79 Å². The first kappa shape index (κ1) is 15.2. The number of hydrogen-bond acceptors (Lipinski definition) is 6. The highest BCUT2D eigenvalue weighted by Crippen LogP contribution is 2.24. The van der Waals surface area contributed by atoms with Crippen LogP contribution in [-0.4, -0.2) is 33.6 Å². The van der Waals surface area contributed by atoms with Crippen molar-refractivity contribution in [3.05, 3.63) is 46.2 Å². The van der Waals surface area contributed by atoms with E-state index in [0.29, 0.717) is 21.1 Å². The number of carbonyl (C=O) groups excluding carboxylic acids is 2. The number of rotatable bonds is 3. The van der Waals surface area contributed by atoms with Crippen LogP contribution in [0.3, 0.4) is 0 Å². The van der Waals surface area contributed by atoms with E-state index in [1.54, 1.807) is 24.3 Å². The Labute approximate surface area is 135 Å². The van der Waals surface area contributed by atoms with Crippen LogP contribution in [0, 0.1) is 13.8 Å². The summed E-state index contributed by atoms with van der Waals surface area (Å²) in [5.74, 6) is 0.0356. The Bertz CT molecular complexity index is 913. The molecule has 3 aromatic rings. The van der Waals surface area contributed by atoms with E-state index in [2.05, 4.69) is 20.3 Å². The Kier molecular flexibility index (Phi) is 3.83. The standard InChI is InChI=1S/C15H14N4O3S/c1-8-12(23-15-18-17-9(2)19(8)15)13(20)16-11-6-4-5-10(7-11)14(21)22-3/h4-7H,1-3H3,(H,16,20). The summed E-state index contributed by atoms with van der Waals surface area (Å²) in [7, 11) is 1.31. The lowest BCUT2D eigenvalue weighted by molar-refractivity contribution is 0.0600. The third-order valence-electron chi connectivity index (χ3n) is 3.40. The van der Waals surface area contributed by atoms with E-state index in [0.717, 1.165) is 11.5 Å². The van der Waals surface area contributed by atoms with E-state index in [-0.39, 0.29) is 5.91 Å². The maximum Gasteiger partial charge on any atom is 0.337 e. The van der Waals surface area contributed by atoms with E-state index in [9.17, 15) is 9.59 Å². The van der Waals surface area contributed by atoms with Gasteiger partial charge in [0.2, 0.25) is 4.96 Å². The van der Waals surface area contributed by atoms with Crippen molar-refractivity contribution in [2.24, 2.45) is 0 Å². The normalized spacial score (nSPS) is 10.7. The number of benzene rings is 1. The van der Waals surface area contributed by atoms with Crippen LogP contribution in [0.2, 0.25) is 0 Å². The number of thiazole rings is 1. The minimum Gasteiger partial charge on any atom is -0.465 e. The predicted octanol–water partition coefficient (Wildman–Crippen LogP) is 2.45. The zero-order chi connectivity index (χ0) is 16.6. The molecular weight excluding hydrogens is 316 g/mol. The van der Waals surface area contributed by atoms with E-state index < -0.39 is 5.97 Å². The molecule has 0 aliphatic rings. The molecule has 0 fully saturated rings. The molecule has 0 aliphatic carbocycles. The zero-order valence-electron chi connectivity index (χ0n) is 12.8. The molecule has 2 aromatic heterocycles. The van der Waals surface area contributed by atoms with Crippen molar-refractivity contribution in [3.8, 4) is 0 Å². The third-order valence-corrected chi connectivity index (χ3v) is 4.53. The maximum atomic E-state index is 12.5. The summed E-state index contributed by atoms with van der Waals surface area (Å²) < 4.78 is 6.51. The van der Waals surface area contributed by atoms with Gasteiger partial charge in [0.25, 0.3) is 5.91 Å². The van der Waals surface area contributed by atoms with Crippen LogP contribution < -0.4 is 5.32 Å². The first-order valence-electron chi connectivity index (χ1n) is 6.82. The summed E-state index contributed by atoms with van der Waals surface area (Å²) in [6.45, 7) is 3.68. The second-order valence-corrected chi connectivity index (χ2v) is 5.89. The molecule has 0 unspecified atom stereocenters. The first-order chi connectivity index (χ1) is 11.0. The molecule has 1 amide bonds. The summed E-state index contributed by atoms with van der Waals surface area (Å²) in [6.07, 6.45) is 0. The van der Waals surface area contributed by atoms with Gasteiger partial charge >= 0.3 is 5.97 Å². The van der Waals surface area contributed by atoms with E-state index in [1.165, 1.54) is 18.4 Å². The number of nitrogens with one attached hydrogen (secondary N) is 1. The summed E-state index contributed by atoms with van der Waals surface area (Å²) in [5, 5.41) is 10.8. The maximum absolute atomic E-state index is 12.5. The molecule has 0 saturated carbocycles. The van der Waals surface area contributed by atoms with Crippen LogP contribution in [-0.2, 0) is 4.74 Å². The average Bonchev–Trinajstić information content (AvgIpc) is 3.07. The fraction of sp³-hybridized carbons (Fsp3) is 0.200. The monoisotopic (exact) mass is 330 g/mol. The summed E-state index contributed by atoms with van der Waals surface area (Å²) in [4.78, 5) is 25.3. The molecule has 0 radical (unpaired) electrons. The molecule has 2 heterocycles. The van der Waals surface area contributed by atoms with E-state index in [1.807, 2.05) is 18.2 Å². The molecule has 8 heteroatoms. The lowest BCUT2D eigenvalue weighted by Crippen LogP contribution is -2.13. The topological polar surface area (TPSA) is 85.6 Å². The highest BCUT2D eigenvalue weighted by molar-refractivity contribution is 7.19. The molecule has 0 spiro atoms. The number of aryl methyl sites for hydroxylation is 2. The van der Waals surface area contributed by atoms with Gasteiger partial charge in [-0.05, 0) is 32.0 Å². The first-order valence-corrected chi connectivity index (χ1v) is 7.63. The number of methoxy groups -OCH3 is 1. The minimum atomic E-state index is -0.450. The highest BCUT2D eigenvalue weighted by Gasteiger charge is 2.19.